The van der Waals surface area contributed by atoms with Gasteiger partial charge in [-0.15, -0.1) is 0 Å². The first-order chi connectivity index (χ1) is 10.1. The van der Waals surface area contributed by atoms with Gasteiger partial charge in [0.1, 0.15) is 11.8 Å². The molecule has 0 atom stereocenters. The smallest absolute Gasteiger partial charge is 0.174 e. The molecule has 2 N–H and O–H groups in total. The van der Waals surface area contributed by atoms with Crippen LogP contribution < -0.4 is 10.1 Å². The number of benzene rings is 1. The lowest BCUT2D eigenvalue weighted by molar-refractivity contribution is -0.00633. The van der Waals surface area contributed by atoms with E-state index in [9.17, 15) is 5.11 Å². The van der Waals surface area contributed by atoms with Gasteiger partial charge in [-0.2, -0.15) is 5.26 Å². The van der Waals surface area contributed by atoms with E-state index >= 15 is 0 Å². The van der Waals surface area contributed by atoms with Crippen molar-refractivity contribution in [2.24, 2.45) is 5.92 Å². The molecule has 0 unspecified atom stereocenters. The van der Waals surface area contributed by atoms with E-state index in [1.165, 1.54) is 0 Å². The Morgan fingerprint density at radius 3 is 2.81 bits per heavy atom. The van der Waals surface area contributed by atoms with Crippen molar-refractivity contribution < 1.29 is 9.84 Å². The van der Waals surface area contributed by atoms with Crippen LogP contribution in [0.25, 0.3) is 0 Å². The van der Waals surface area contributed by atoms with E-state index in [-0.39, 0.29) is 6.61 Å². The Hall–Kier alpha value is -1.57. The highest BCUT2D eigenvalue weighted by atomic mass is 16.5. The summed E-state index contributed by atoms with van der Waals surface area (Å²) in [6, 6.07) is 9.67. The fourth-order valence-corrected chi connectivity index (χ4v) is 2.81. The van der Waals surface area contributed by atoms with Crippen LogP contribution in [0, 0.1) is 17.2 Å². The molecule has 114 valence electrons. The number of hydrogen-bond donors (Lipinski definition) is 2. The Kier molecular flexibility index (Phi) is 5.60. The predicted molar refractivity (Wildman–Crippen MR) is 81.8 cm³/mol. The molecule has 0 amide bonds. The van der Waals surface area contributed by atoms with Crippen LogP contribution >= 0.6 is 0 Å². The van der Waals surface area contributed by atoms with Crippen molar-refractivity contribution in [3.05, 3.63) is 29.8 Å². The first kappa shape index (κ1) is 15.8. The van der Waals surface area contributed by atoms with Gasteiger partial charge < -0.3 is 15.2 Å². The minimum atomic E-state index is -0.574. The molecule has 0 bridgehead atoms. The summed E-state index contributed by atoms with van der Waals surface area (Å²) in [6.07, 6.45) is 3.93. The van der Waals surface area contributed by atoms with E-state index in [0.717, 1.165) is 42.9 Å². The van der Waals surface area contributed by atoms with Crippen molar-refractivity contribution in [1.29, 1.82) is 5.26 Å². The van der Waals surface area contributed by atoms with E-state index < -0.39 is 5.60 Å². The molecule has 2 rings (SSSR count). The summed E-state index contributed by atoms with van der Waals surface area (Å²) in [6.45, 7) is 3.54. The predicted octanol–water partition coefficient (Wildman–Crippen LogP) is 2.62. The van der Waals surface area contributed by atoms with Gasteiger partial charge in [0, 0.05) is 18.7 Å². The fourth-order valence-electron chi connectivity index (χ4n) is 2.81. The number of hydrogen-bond acceptors (Lipinski definition) is 4. The third-order valence-electron chi connectivity index (χ3n) is 4.24. The first-order valence-electron chi connectivity index (χ1n) is 7.64. The highest BCUT2D eigenvalue weighted by Crippen LogP contribution is 2.31. The molecule has 0 spiro atoms. The second kappa shape index (κ2) is 7.44. The van der Waals surface area contributed by atoms with Gasteiger partial charge in [0.2, 0.25) is 0 Å². The number of aliphatic hydroxyl groups is 1. The van der Waals surface area contributed by atoms with Crippen molar-refractivity contribution in [2.75, 3.05) is 13.2 Å². The lowest BCUT2D eigenvalue weighted by Gasteiger charge is -2.35. The molecule has 1 aromatic rings. The van der Waals surface area contributed by atoms with Crippen molar-refractivity contribution in [3.63, 3.8) is 0 Å². The zero-order valence-electron chi connectivity index (χ0n) is 12.6. The Bertz CT molecular complexity index is 488. The molecule has 21 heavy (non-hydrogen) atoms. The van der Waals surface area contributed by atoms with Crippen LogP contribution in [0.1, 0.15) is 38.2 Å². The minimum Gasteiger partial charge on any atom is -0.478 e. The molecule has 4 heteroatoms. The average molecular weight is 288 g/mol. The molecule has 1 fully saturated rings. The summed E-state index contributed by atoms with van der Waals surface area (Å²) >= 11 is 0. The summed E-state index contributed by atoms with van der Waals surface area (Å²) < 4.78 is 5.40. The molecule has 0 aromatic heterocycles. The molecule has 1 aliphatic carbocycles. The Morgan fingerprint density at radius 1 is 1.38 bits per heavy atom. The molecule has 0 aliphatic heterocycles. The van der Waals surface area contributed by atoms with Gasteiger partial charge in [-0.25, -0.2) is 0 Å². The van der Waals surface area contributed by atoms with Crippen molar-refractivity contribution in [1.82, 2.24) is 5.32 Å². The fraction of sp³-hybridized carbons (Fsp3) is 0.588. The summed E-state index contributed by atoms with van der Waals surface area (Å²) in [5, 5.41) is 22.5. The summed E-state index contributed by atoms with van der Waals surface area (Å²) in [4.78, 5) is 0. The highest BCUT2D eigenvalue weighted by Gasteiger charge is 2.31. The molecule has 1 aliphatic rings. The normalized spacial score (nSPS) is 25.3. The van der Waals surface area contributed by atoms with Gasteiger partial charge in [-0.3, -0.25) is 0 Å². The molecular weight excluding hydrogens is 264 g/mol. The minimum absolute atomic E-state index is 0.0544. The zero-order valence-corrected chi connectivity index (χ0v) is 12.6. The van der Waals surface area contributed by atoms with Gasteiger partial charge in [-0.1, -0.05) is 25.1 Å². The SMILES string of the molecule is CC1CCC(O)(CNCc2ccccc2OCC#N)CC1. The van der Waals surface area contributed by atoms with Crippen molar-refractivity contribution in [3.8, 4) is 11.8 Å². The number of para-hydroxylation sites is 1. The second-order valence-corrected chi connectivity index (χ2v) is 6.06. The quantitative estimate of drug-likeness (QED) is 0.844. The molecule has 1 aromatic carbocycles. The molecule has 0 radical (unpaired) electrons. The molecular formula is C17H24N2O2. The van der Waals surface area contributed by atoms with Gasteiger partial charge in [-0.05, 0) is 37.7 Å². The van der Waals surface area contributed by atoms with E-state index in [0.29, 0.717) is 13.1 Å². The van der Waals surface area contributed by atoms with Crippen LogP contribution in [-0.2, 0) is 6.54 Å². The van der Waals surface area contributed by atoms with Crippen LogP contribution in [0.2, 0.25) is 0 Å². The number of ether oxygens (including phenoxy) is 1. The van der Waals surface area contributed by atoms with Gasteiger partial charge in [0.15, 0.2) is 6.61 Å². The largest absolute Gasteiger partial charge is 0.478 e. The molecule has 1 saturated carbocycles. The van der Waals surface area contributed by atoms with Crippen molar-refractivity contribution >= 4 is 0 Å². The summed E-state index contributed by atoms with van der Waals surface area (Å²) in [7, 11) is 0. The second-order valence-electron chi connectivity index (χ2n) is 6.06. The number of rotatable bonds is 6. The maximum absolute atomic E-state index is 10.5. The maximum Gasteiger partial charge on any atom is 0.174 e. The average Bonchev–Trinajstić information content (AvgIpc) is 2.50. The lowest BCUT2D eigenvalue weighted by atomic mass is 9.79. The van der Waals surface area contributed by atoms with E-state index in [4.69, 9.17) is 10.00 Å². The number of nitrogens with one attached hydrogen (secondary N) is 1. The lowest BCUT2D eigenvalue weighted by Crippen LogP contribution is -2.43. The third kappa shape index (κ3) is 4.73. The van der Waals surface area contributed by atoms with Crippen LogP contribution in [0.3, 0.4) is 0 Å². The monoisotopic (exact) mass is 288 g/mol. The number of nitrogens with zero attached hydrogens (tertiary/aromatic N) is 1. The van der Waals surface area contributed by atoms with Crippen molar-refractivity contribution in [2.45, 2.75) is 44.8 Å². The molecule has 0 heterocycles. The van der Waals surface area contributed by atoms with Crippen LogP contribution in [0.4, 0.5) is 0 Å². The van der Waals surface area contributed by atoms with Crippen LogP contribution in [0.5, 0.6) is 5.75 Å². The summed E-state index contributed by atoms with van der Waals surface area (Å²) in [5.41, 5.74) is 0.440. The van der Waals surface area contributed by atoms with E-state index in [1.54, 1.807) is 0 Å². The highest BCUT2D eigenvalue weighted by molar-refractivity contribution is 5.33. The third-order valence-corrected chi connectivity index (χ3v) is 4.24. The number of nitriles is 1. The van der Waals surface area contributed by atoms with Gasteiger partial charge >= 0.3 is 0 Å². The van der Waals surface area contributed by atoms with E-state index in [1.807, 2.05) is 30.3 Å². The Balaban J connectivity index is 1.84. The Labute approximate surface area is 126 Å². The topological polar surface area (TPSA) is 65.3 Å². The standard InChI is InChI=1S/C17H24N2O2/c1-14-6-8-17(20,9-7-14)13-19-12-15-4-2-3-5-16(15)21-11-10-18/h2-5,14,19-20H,6-9,11-13H2,1H3. The van der Waals surface area contributed by atoms with Gasteiger partial charge in [0.05, 0.1) is 5.60 Å². The molecule has 4 nitrogen and oxygen atoms in total. The molecule has 0 saturated heterocycles. The Morgan fingerprint density at radius 2 is 2.10 bits per heavy atom. The van der Waals surface area contributed by atoms with Crippen LogP contribution in [0.15, 0.2) is 24.3 Å². The summed E-state index contributed by atoms with van der Waals surface area (Å²) in [5.74, 6) is 1.46. The first-order valence-corrected chi connectivity index (χ1v) is 7.64. The van der Waals surface area contributed by atoms with Gasteiger partial charge in [0.25, 0.3) is 0 Å². The van der Waals surface area contributed by atoms with E-state index in [2.05, 4.69) is 12.2 Å². The van der Waals surface area contributed by atoms with Crippen LogP contribution in [-0.4, -0.2) is 23.9 Å². The zero-order chi connectivity index (χ0) is 15.1. The maximum atomic E-state index is 10.5.